The number of amides is 2. The molecule has 0 bridgehead atoms. The van der Waals surface area contributed by atoms with Crippen molar-refractivity contribution in [3.8, 4) is 0 Å². The molecular weight excluding hydrogens is 632 g/mol. The number of aliphatic carboxylic acids is 1. The van der Waals surface area contributed by atoms with Crippen LogP contribution in [0.15, 0.2) is 0 Å². The quantitative estimate of drug-likeness (QED) is 0.0913. The molecule has 3 fully saturated rings. The number of hydrogen-bond donors (Lipinski definition) is 13. The molecule has 0 radical (unpaired) electrons. The average Bonchev–Trinajstić information content (AvgIpc) is 2.99. The van der Waals surface area contributed by atoms with E-state index in [1.54, 1.807) is 0 Å². The normalized spacial score (nSPS) is 42.9. The van der Waals surface area contributed by atoms with E-state index in [-0.39, 0.29) is 0 Å². The fraction of sp³-hybridized carbons (Fsp3) is 0.880. The Hall–Kier alpha value is -2.19. The number of hydrogen-bond acceptors (Lipinski definition) is 18. The highest BCUT2D eigenvalue weighted by atomic mass is 16.7. The summed E-state index contributed by atoms with van der Waals surface area (Å²) in [6.07, 6.45) is -24.8. The molecule has 46 heavy (non-hydrogen) atoms. The van der Waals surface area contributed by atoms with Crippen LogP contribution in [0.2, 0.25) is 0 Å². The molecule has 21 heteroatoms. The molecule has 0 aromatic rings. The summed E-state index contributed by atoms with van der Waals surface area (Å²) in [7, 11) is 0. The Labute approximate surface area is 260 Å². The Morgan fingerprint density at radius 2 is 1.48 bits per heavy atom. The third-order valence-corrected chi connectivity index (χ3v) is 7.87. The molecule has 3 rings (SSSR count). The molecule has 1 unspecified atom stereocenters. The maximum atomic E-state index is 12.5. The first-order chi connectivity index (χ1) is 21.5. The Kier molecular flexibility index (Phi) is 13.1. The van der Waals surface area contributed by atoms with Gasteiger partial charge in [-0.3, -0.25) is 9.59 Å². The van der Waals surface area contributed by atoms with E-state index in [9.17, 15) is 70.6 Å². The molecule has 21 nitrogen and oxygen atoms in total. The first-order valence-electron chi connectivity index (χ1n) is 14.2. The molecule has 0 aromatic carbocycles. The van der Waals surface area contributed by atoms with Crippen molar-refractivity contribution in [3.63, 3.8) is 0 Å². The van der Waals surface area contributed by atoms with E-state index < -0.39 is 142 Å². The van der Waals surface area contributed by atoms with Gasteiger partial charge in [-0.2, -0.15) is 0 Å². The first kappa shape index (κ1) is 38.3. The number of aliphatic hydroxyl groups excluding tert-OH is 10. The molecule has 2 amide bonds. The van der Waals surface area contributed by atoms with E-state index >= 15 is 0 Å². The molecule has 3 aliphatic rings. The minimum atomic E-state index is -2.84. The van der Waals surface area contributed by atoms with Gasteiger partial charge >= 0.3 is 5.97 Å². The minimum Gasteiger partial charge on any atom is -0.477 e. The van der Waals surface area contributed by atoms with Crippen LogP contribution in [-0.4, -0.2) is 191 Å². The van der Waals surface area contributed by atoms with Crippen molar-refractivity contribution in [2.75, 3.05) is 19.8 Å². The molecule has 13 N–H and O–H groups in total. The Morgan fingerprint density at radius 1 is 0.870 bits per heavy atom. The second-order valence-electron chi connectivity index (χ2n) is 11.3. The van der Waals surface area contributed by atoms with Crippen molar-refractivity contribution in [3.05, 3.63) is 0 Å². The van der Waals surface area contributed by atoms with Crippen LogP contribution in [0.1, 0.15) is 20.3 Å². The van der Waals surface area contributed by atoms with E-state index in [1.165, 1.54) is 0 Å². The van der Waals surface area contributed by atoms with Gasteiger partial charge in [-0.1, -0.05) is 0 Å². The topological polar surface area (TPSA) is 344 Å². The molecule has 3 heterocycles. The summed E-state index contributed by atoms with van der Waals surface area (Å²) in [6.45, 7) is -0.705. The number of rotatable bonds is 12. The first-order valence-corrected chi connectivity index (χ1v) is 14.2. The lowest BCUT2D eigenvalue weighted by atomic mass is 9.88. The number of aliphatic hydroxyl groups is 10. The van der Waals surface area contributed by atoms with Gasteiger partial charge in [0.1, 0.15) is 67.1 Å². The maximum Gasteiger partial charge on any atom is 0.364 e. The zero-order valence-electron chi connectivity index (χ0n) is 24.7. The third kappa shape index (κ3) is 8.26. The monoisotopic (exact) mass is 674 g/mol. The van der Waals surface area contributed by atoms with Gasteiger partial charge in [-0.15, -0.1) is 0 Å². The molecule has 16 atom stereocenters. The molecule has 0 saturated carbocycles. The van der Waals surface area contributed by atoms with E-state index in [1.807, 2.05) is 0 Å². The third-order valence-electron chi connectivity index (χ3n) is 7.87. The Balaban J connectivity index is 1.87. The zero-order valence-corrected chi connectivity index (χ0v) is 24.7. The van der Waals surface area contributed by atoms with E-state index in [0.717, 1.165) is 13.8 Å². The highest BCUT2D eigenvalue weighted by Gasteiger charge is 2.57. The molecule has 0 aliphatic carbocycles. The lowest BCUT2D eigenvalue weighted by Crippen LogP contribution is -2.69. The van der Waals surface area contributed by atoms with Crippen LogP contribution < -0.4 is 10.6 Å². The van der Waals surface area contributed by atoms with Crippen molar-refractivity contribution in [2.24, 2.45) is 0 Å². The number of carbonyl (C=O) groups excluding carboxylic acids is 2. The number of nitrogens with one attached hydrogen (secondary N) is 2. The van der Waals surface area contributed by atoms with Crippen LogP contribution in [0.5, 0.6) is 0 Å². The summed E-state index contributed by atoms with van der Waals surface area (Å²) in [5, 5.41) is 117. The average molecular weight is 675 g/mol. The molecule has 0 aromatic heterocycles. The van der Waals surface area contributed by atoms with Gasteiger partial charge in [-0.05, 0) is 0 Å². The van der Waals surface area contributed by atoms with E-state index in [0.29, 0.717) is 0 Å². The zero-order chi connectivity index (χ0) is 34.7. The van der Waals surface area contributed by atoms with Crippen LogP contribution in [0.25, 0.3) is 0 Å². The fourth-order valence-electron chi connectivity index (χ4n) is 5.45. The lowest BCUT2D eigenvalue weighted by molar-refractivity contribution is -0.351. The van der Waals surface area contributed by atoms with Crippen LogP contribution in [0, 0.1) is 0 Å². The van der Waals surface area contributed by atoms with Crippen LogP contribution in [-0.2, 0) is 38.1 Å². The van der Waals surface area contributed by atoms with Gasteiger partial charge in [0.2, 0.25) is 11.8 Å². The molecule has 3 saturated heterocycles. The predicted molar refractivity (Wildman–Crippen MR) is 142 cm³/mol. The lowest BCUT2D eigenvalue weighted by Gasteiger charge is -2.48. The highest BCUT2D eigenvalue weighted by Crippen LogP contribution is 2.35. The van der Waals surface area contributed by atoms with E-state index in [2.05, 4.69) is 10.6 Å². The van der Waals surface area contributed by atoms with Gasteiger partial charge in [0.15, 0.2) is 12.6 Å². The number of carboxylic acid groups (broad SMARTS) is 1. The van der Waals surface area contributed by atoms with Crippen molar-refractivity contribution in [2.45, 2.75) is 118 Å². The molecular formula is C25H42N2O19. The number of carbonyl (C=O) groups is 3. The van der Waals surface area contributed by atoms with E-state index in [4.69, 9.17) is 23.7 Å². The largest absolute Gasteiger partial charge is 0.477 e. The molecule has 266 valence electrons. The second kappa shape index (κ2) is 15.8. The van der Waals surface area contributed by atoms with Crippen LogP contribution >= 0.6 is 0 Å². The molecule has 0 spiro atoms. The predicted octanol–water partition coefficient (Wildman–Crippen LogP) is -8.08. The summed E-state index contributed by atoms with van der Waals surface area (Å²) in [5.41, 5.74) is 0. The summed E-state index contributed by atoms with van der Waals surface area (Å²) in [6, 6.07) is -3.06. The fourth-order valence-corrected chi connectivity index (χ4v) is 5.45. The smallest absolute Gasteiger partial charge is 0.364 e. The minimum absolute atomic E-state index is 0.723. The van der Waals surface area contributed by atoms with Crippen LogP contribution in [0.4, 0.5) is 0 Å². The SMILES string of the molecule is CC(=O)N[C@H]1[C@H]([C@H](O)[C@H](O)CO)O[C@@](OC[C@H]2OC(O)[C@H](NC(C)=O)[C@@H](O[C@@H]3O[C@H](CO)[C@H](O)[C@H](O)[C@H]3O)[C@@H]2O)(C(=O)O)C[C@@H]1O. The van der Waals surface area contributed by atoms with Gasteiger partial charge < -0.3 is 90.5 Å². The summed E-state index contributed by atoms with van der Waals surface area (Å²) < 4.78 is 27.2. The van der Waals surface area contributed by atoms with Crippen molar-refractivity contribution < 1.29 is 94.2 Å². The Bertz CT molecular complexity index is 1050. The van der Waals surface area contributed by atoms with Gasteiger partial charge in [0.05, 0.1) is 32.0 Å². The van der Waals surface area contributed by atoms with Crippen molar-refractivity contribution >= 4 is 17.8 Å². The Morgan fingerprint density at radius 3 is 2.02 bits per heavy atom. The molecule has 3 aliphatic heterocycles. The summed E-state index contributed by atoms with van der Waals surface area (Å²) >= 11 is 0. The van der Waals surface area contributed by atoms with Crippen LogP contribution in [0.3, 0.4) is 0 Å². The van der Waals surface area contributed by atoms with Crippen molar-refractivity contribution in [1.29, 1.82) is 0 Å². The maximum absolute atomic E-state index is 12.5. The standard InChI is InChI=1S/C25H42N2O19/c1-7(30)26-13-9(32)3-25(24(40)41,46-21(13)15(34)10(33)4-28)42-6-12-17(36)20(14(22(39)43-12)27-8(2)31)45-23-19(38)18(37)16(35)11(5-29)44-23/h9-23,28-29,32-39H,3-6H2,1-2H3,(H,26,30)(H,27,31)(H,40,41)/t9-,10+,11+,12+,13+,14+,15+,16-,17+,18-,19+,20+,21+,22?,23-,25+/m0/s1. The van der Waals surface area contributed by atoms with Gasteiger partial charge in [0.25, 0.3) is 5.79 Å². The highest BCUT2D eigenvalue weighted by molar-refractivity contribution is 5.76. The summed E-state index contributed by atoms with van der Waals surface area (Å²) in [4.78, 5) is 36.0. The number of carboxylic acids is 1. The van der Waals surface area contributed by atoms with Gasteiger partial charge in [-0.25, -0.2) is 4.79 Å². The van der Waals surface area contributed by atoms with Crippen molar-refractivity contribution in [1.82, 2.24) is 10.6 Å². The second-order valence-corrected chi connectivity index (χ2v) is 11.3. The van der Waals surface area contributed by atoms with Gasteiger partial charge in [0, 0.05) is 20.3 Å². The summed E-state index contributed by atoms with van der Waals surface area (Å²) in [5.74, 6) is -6.18. The number of ether oxygens (including phenoxy) is 5.